The lowest BCUT2D eigenvalue weighted by molar-refractivity contribution is 0.00508. The number of hydrogen-bond donors (Lipinski definition) is 1. The van der Waals surface area contributed by atoms with Crippen LogP contribution in [-0.4, -0.2) is 30.8 Å². The molecular formula is C16H28N2O2. The summed E-state index contributed by atoms with van der Waals surface area (Å²) in [6.07, 6.45) is 2.63. The second kappa shape index (κ2) is 8.22. The number of nitrogens with zero attached hydrogens (tertiary/aromatic N) is 1. The Morgan fingerprint density at radius 3 is 2.75 bits per heavy atom. The van der Waals surface area contributed by atoms with Gasteiger partial charge in [0.25, 0.3) is 0 Å². The van der Waals surface area contributed by atoms with Crippen LogP contribution < -0.4 is 10.1 Å². The molecule has 0 amide bonds. The van der Waals surface area contributed by atoms with E-state index in [1.807, 2.05) is 12.1 Å². The molecule has 1 heterocycles. The van der Waals surface area contributed by atoms with E-state index in [0.717, 1.165) is 19.5 Å². The molecule has 0 aliphatic rings. The minimum absolute atomic E-state index is 0.156. The molecule has 0 bridgehead atoms. The summed E-state index contributed by atoms with van der Waals surface area (Å²) in [6, 6.07) is 4.01. The predicted octanol–water partition coefficient (Wildman–Crippen LogP) is 3.02. The van der Waals surface area contributed by atoms with Gasteiger partial charge in [-0.1, -0.05) is 13.8 Å². The smallest absolute Gasteiger partial charge is 0.213 e. The summed E-state index contributed by atoms with van der Waals surface area (Å²) >= 11 is 0. The number of pyridine rings is 1. The van der Waals surface area contributed by atoms with Crippen LogP contribution in [0.1, 0.15) is 39.7 Å². The molecule has 1 aromatic rings. The lowest BCUT2D eigenvalue weighted by atomic mass is 10.1. The van der Waals surface area contributed by atoms with Gasteiger partial charge < -0.3 is 14.8 Å². The maximum atomic E-state index is 5.69. The molecule has 0 aliphatic carbocycles. The molecule has 1 rings (SSSR count). The summed E-state index contributed by atoms with van der Waals surface area (Å²) in [5.74, 6) is 1.34. The maximum absolute atomic E-state index is 5.69. The van der Waals surface area contributed by atoms with Gasteiger partial charge in [-0.15, -0.1) is 0 Å². The van der Waals surface area contributed by atoms with Crippen LogP contribution >= 0.6 is 0 Å². The van der Waals surface area contributed by atoms with Crippen molar-refractivity contribution in [2.75, 3.05) is 20.3 Å². The van der Waals surface area contributed by atoms with Crippen molar-refractivity contribution in [3.8, 4) is 5.88 Å². The van der Waals surface area contributed by atoms with Crippen molar-refractivity contribution in [3.05, 3.63) is 23.9 Å². The number of hydrogen-bond acceptors (Lipinski definition) is 4. The average Bonchev–Trinajstić information content (AvgIpc) is 2.39. The Morgan fingerprint density at radius 1 is 1.35 bits per heavy atom. The molecule has 0 atom stereocenters. The second-order valence-electron chi connectivity index (χ2n) is 6.09. The van der Waals surface area contributed by atoms with E-state index >= 15 is 0 Å². The van der Waals surface area contributed by atoms with Crippen molar-refractivity contribution < 1.29 is 9.47 Å². The van der Waals surface area contributed by atoms with Crippen LogP contribution in [0.25, 0.3) is 0 Å². The second-order valence-corrected chi connectivity index (χ2v) is 6.09. The predicted molar refractivity (Wildman–Crippen MR) is 82.0 cm³/mol. The van der Waals surface area contributed by atoms with E-state index in [-0.39, 0.29) is 5.60 Å². The zero-order valence-electron chi connectivity index (χ0n) is 13.4. The average molecular weight is 280 g/mol. The van der Waals surface area contributed by atoms with Gasteiger partial charge in [0.05, 0.1) is 12.2 Å². The van der Waals surface area contributed by atoms with Gasteiger partial charge in [0.1, 0.15) is 0 Å². The molecule has 4 heteroatoms. The van der Waals surface area contributed by atoms with E-state index < -0.39 is 0 Å². The zero-order chi connectivity index (χ0) is 15.0. The van der Waals surface area contributed by atoms with E-state index in [1.54, 1.807) is 13.3 Å². The molecule has 20 heavy (non-hydrogen) atoms. The fourth-order valence-corrected chi connectivity index (χ4v) is 1.65. The van der Waals surface area contributed by atoms with Crippen LogP contribution in [0.15, 0.2) is 18.3 Å². The molecule has 1 N–H and O–H groups in total. The first-order chi connectivity index (χ1) is 9.43. The van der Waals surface area contributed by atoms with E-state index in [1.165, 1.54) is 5.56 Å². The molecule has 0 fully saturated rings. The fourth-order valence-electron chi connectivity index (χ4n) is 1.65. The Balaban J connectivity index is 2.39. The standard InChI is InChI=1S/C16H28N2O2/c1-13(2)11-17-12-14-6-8-18-15(10-14)20-9-7-16(3,4)19-5/h6,8,10,13,17H,7,9,11-12H2,1-5H3. The van der Waals surface area contributed by atoms with Crippen LogP contribution in [0.3, 0.4) is 0 Å². The number of aromatic nitrogens is 1. The topological polar surface area (TPSA) is 43.4 Å². The Labute approximate surface area is 122 Å². The summed E-state index contributed by atoms with van der Waals surface area (Å²) < 4.78 is 11.1. The van der Waals surface area contributed by atoms with Gasteiger partial charge in [-0.05, 0) is 37.9 Å². The fraction of sp³-hybridized carbons (Fsp3) is 0.688. The largest absolute Gasteiger partial charge is 0.478 e. The molecule has 0 aromatic carbocycles. The molecule has 4 nitrogen and oxygen atoms in total. The molecule has 0 spiro atoms. The van der Waals surface area contributed by atoms with Crippen LogP contribution in [-0.2, 0) is 11.3 Å². The van der Waals surface area contributed by atoms with Gasteiger partial charge >= 0.3 is 0 Å². The van der Waals surface area contributed by atoms with Gasteiger partial charge in [0, 0.05) is 32.3 Å². The molecule has 1 aromatic heterocycles. The summed E-state index contributed by atoms with van der Waals surface area (Å²) in [5.41, 5.74) is 1.04. The lowest BCUT2D eigenvalue weighted by Gasteiger charge is -2.22. The molecular weight excluding hydrogens is 252 g/mol. The first-order valence-electron chi connectivity index (χ1n) is 7.26. The third kappa shape index (κ3) is 6.87. The Morgan fingerprint density at radius 2 is 2.10 bits per heavy atom. The quantitative estimate of drug-likeness (QED) is 0.755. The zero-order valence-corrected chi connectivity index (χ0v) is 13.4. The van der Waals surface area contributed by atoms with Crippen molar-refractivity contribution in [2.24, 2.45) is 5.92 Å². The van der Waals surface area contributed by atoms with Crippen molar-refractivity contribution in [3.63, 3.8) is 0 Å². The monoisotopic (exact) mass is 280 g/mol. The summed E-state index contributed by atoms with van der Waals surface area (Å²) in [5, 5.41) is 3.41. The van der Waals surface area contributed by atoms with Gasteiger partial charge in [0.2, 0.25) is 5.88 Å². The highest BCUT2D eigenvalue weighted by molar-refractivity contribution is 5.20. The number of ether oxygens (including phenoxy) is 2. The summed E-state index contributed by atoms with van der Waals surface area (Å²) in [7, 11) is 1.72. The van der Waals surface area contributed by atoms with Crippen molar-refractivity contribution in [1.82, 2.24) is 10.3 Å². The third-order valence-electron chi connectivity index (χ3n) is 3.19. The van der Waals surface area contributed by atoms with Gasteiger partial charge in [-0.2, -0.15) is 0 Å². The highest BCUT2D eigenvalue weighted by atomic mass is 16.5. The first kappa shape index (κ1) is 16.9. The van der Waals surface area contributed by atoms with E-state index in [0.29, 0.717) is 18.4 Å². The molecule has 0 unspecified atom stereocenters. The Hall–Kier alpha value is -1.13. The van der Waals surface area contributed by atoms with Gasteiger partial charge in [-0.3, -0.25) is 0 Å². The lowest BCUT2D eigenvalue weighted by Crippen LogP contribution is -2.25. The molecule has 0 aliphatic heterocycles. The molecule has 0 saturated carbocycles. The molecule has 0 radical (unpaired) electrons. The van der Waals surface area contributed by atoms with E-state index in [2.05, 4.69) is 38.0 Å². The Kier molecular flexibility index (Phi) is 6.96. The number of nitrogens with one attached hydrogen (secondary N) is 1. The van der Waals surface area contributed by atoms with Crippen LogP contribution in [0.5, 0.6) is 5.88 Å². The molecule has 0 saturated heterocycles. The number of methoxy groups -OCH3 is 1. The van der Waals surface area contributed by atoms with E-state index in [9.17, 15) is 0 Å². The van der Waals surface area contributed by atoms with Crippen LogP contribution in [0.4, 0.5) is 0 Å². The van der Waals surface area contributed by atoms with Crippen LogP contribution in [0.2, 0.25) is 0 Å². The van der Waals surface area contributed by atoms with E-state index in [4.69, 9.17) is 9.47 Å². The normalized spacial score (nSPS) is 11.9. The number of rotatable bonds is 9. The summed E-state index contributed by atoms with van der Waals surface area (Å²) in [6.45, 7) is 11.0. The van der Waals surface area contributed by atoms with Crippen molar-refractivity contribution in [1.29, 1.82) is 0 Å². The molecule has 114 valence electrons. The Bertz CT molecular complexity index is 392. The van der Waals surface area contributed by atoms with Crippen LogP contribution in [0, 0.1) is 5.92 Å². The van der Waals surface area contributed by atoms with Gasteiger partial charge in [0.15, 0.2) is 0 Å². The maximum Gasteiger partial charge on any atom is 0.213 e. The highest BCUT2D eigenvalue weighted by Gasteiger charge is 2.16. The minimum atomic E-state index is -0.156. The SMILES string of the molecule is COC(C)(C)CCOc1cc(CNCC(C)C)ccn1. The van der Waals surface area contributed by atoms with Gasteiger partial charge in [-0.25, -0.2) is 4.98 Å². The summed E-state index contributed by atoms with van der Waals surface area (Å²) in [4.78, 5) is 4.24. The minimum Gasteiger partial charge on any atom is -0.478 e. The third-order valence-corrected chi connectivity index (χ3v) is 3.19. The highest BCUT2D eigenvalue weighted by Crippen LogP contribution is 2.15. The van der Waals surface area contributed by atoms with Crippen molar-refractivity contribution >= 4 is 0 Å². The van der Waals surface area contributed by atoms with Crippen molar-refractivity contribution in [2.45, 2.75) is 46.3 Å². The first-order valence-corrected chi connectivity index (χ1v) is 7.26.